The van der Waals surface area contributed by atoms with Crippen molar-refractivity contribution in [1.82, 2.24) is 4.90 Å². The van der Waals surface area contributed by atoms with Gasteiger partial charge >= 0.3 is 0 Å². The van der Waals surface area contributed by atoms with Crippen molar-refractivity contribution in [2.45, 2.75) is 71.4 Å². The molecule has 108 valence electrons. The first kappa shape index (κ1) is 15.9. The van der Waals surface area contributed by atoms with E-state index in [-0.39, 0.29) is 18.2 Å². The Hall–Kier alpha value is -0.160. The highest BCUT2D eigenvalue weighted by Gasteiger charge is 2.31. The van der Waals surface area contributed by atoms with Gasteiger partial charge in [0.15, 0.2) is 6.29 Å². The summed E-state index contributed by atoms with van der Waals surface area (Å²) < 4.78 is 0. The quantitative estimate of drug-likeness (QED) is 0.607. The second kappa shape index (κ2) is 7.43. The van der Waals surface area contributed by atoms with Crippen LogP contribution in [0, 0.1) is 11.8 Å². The lowest BCUT2D eigenvalue weighted by molar-refractivity contribution is -0.101. The molecule has 4 heteroatoms. The number of likely N-dealkylation sites (tertiary alicyclic amines) is 1. The van der Waals surface area contributed by atoms with Gasteiger partial charge < -0.3 is 15.3 Å². The molecule has 4 nitrogen and oxygen atoms in total. The molecule has 0 spiro atoms. The standard InChI is InChI=1S/C14H29NO3/c1-4-12(15-7-5-6-13(15)16)9-11(14(17)18)8-10(2)3/h10-14,16-18H,4-9H2,1-3H3/t11?,12?,13-/m0/s1. The number of rotatable bonds is 7. The first-order valence-electron chi connectivity index (χ1n) is 7.25. The topological polar surface area (TPSA) is 63.9 Å². The lowest BCUT2D eigenvalue weighted by Gasteiger charge is -2.33. The molecule has 1 rings (SSSR count). The van der Waals surface area contributed by atoms with Crippen LogP contribution in [-0.4, -0.2) is 45.3 Å². The lowest BCUT2D eigenvalue weighted by atomic mass is 9.89. The third-order valence-corrected chi connectivity index (χ3v) is 3.97. The van der Waals surface area contributed by atoms with Crippen molar-refractivity contribution in [3.63, 3.8) is 0 Å². The maximum atomic E-state index is 9.92. The van der Waals surface area contributed by atoms with E-state index in [9.17, 15) is 15.3 Å². The summed E-state index contributed by atoms with van der Waals surface area (Å²) in [5.41, 5.74) is 0. The summed E-state index contributed by atoms with van der Waals surface area (Å²) >= 11 is 0. The zero-order chi connectivity index (χ0) is 13.7. The highest BCUT2D eigenvalue weighted by Crippen LogP contribution is 2.27. The van der Waals surface area contributed by atoms with Gasteiger partial charge in [0.25, 0.3) is 0 Å². The van der Waals surface area contributed by atoms with E-state index in [1.807, 2.05) is 0 Å². The van der Waals surface area contributed by atoms with Crippen molar-refractivity contribution in [2.24, 2.45) is 11.8 Å². The van der Waals surface area contributed by atoms with Crippen LogP contribution in [0.5, 0.6) is 0 Å². The highest BCUT2D eigenvalue weighted by molar-refractivity contribution is 4.81. The van der Waals surface area contributed by atoms with E-state index >= 15 is 0 Å². The van der Waals surface area contributed by atoms with Gasteiger partial charge in [0.2, 0.25) is 0 Å². The SMILES string of the molecule is CCC(CC(CC(C)C)C(O)O)N1CCC[C@@H]1O. The molecule has 0 aromatic carbocycles. The first-order valence-corrected chi connectivity index (χ1v) is 7.25. The summed E-state index contributed by atoms with van der Waals surface area (Å²) in [6.45, 7) is 7.23. The Labute approximate surface area is 111 Å². The molecular weight excluding hydrogens is 230 g/mol. The van der Waals surface area contributed by atoms with Gasteiger partial charge in [-0.15, -0.1) is 0 Å². The van der Waals surface area contributed by atoms with Gasteiger partial charge in [-0.1, -0.05) is 20.8 Å². The second-order valence-electron chi connectivity index (χ2n) is 5.96. The van der Waals surface area contributed by atoms with Gasteiger partial charge in [0, 0.05) is 18.5 Å². The van der Waals surface area contributed by atoms with Crippen LogP contribution < -0.4 is 0 Å². The normalized spacial score (nSPS) is 25.0. The molecule has 0 radical (unpaired) electrons. The molecule has 0 bridgehead atoms. The van der Waals surface area contributed by atoms with Gasteiger partial charge in [-0.3, -0.25) is 4.90 Å². The molecule has 1 heterocycles. The summed E-state index contributed by atoms with van der Waals surface area (Å²) in [5.74, 6) is 0.362. The second-order valence-corrected chi connectivity index (χ2v) is 5.96. The Balaban J connectivity index is 2.58. The maximum Gasteiger partial charge on any atom is 0.154 e. The van der Waals surface area contributed by atoms with E-state index in [0.717, 1.165) is 38.6 Å². The van der Waals surface area contributed by atoms with Crippen molar-refractivity contribution in [3.8, 4) is 0 Å². The van der Waals surface area contributed by atoms with Crippen LogP contribution in [-0.2, 0) is 0 Å². The predicted octanol–water partition coefficient (Wildman–Crippen LogP) is 1.54. The van der Waals surface area contributed by atoms with Crippen molar-refractivity contribution >= 4 is 0 Å². The minimum atomic E-state index is -1.25. The van der Waals surface area contributed by atoms with E-state index in [2.05, 4.69) is 25.7 Å². The monoisotopic (exact) mass is 259 g/mol. The Morgan fingerprint density at radius 3 is 2.28 bits per heavy atom. The molecule has 0 saturated carbocycles. The molecule has 18 heavy (non-hydrogen) atoms. The van der Waals surface area contributed by atoms with E-state index in [1.54, 1.807) is 0 Å². The maximum absolute atomic E-state index is 9.92. The minimum Gasteiger partial charge on any atom is -0.378 e. The Morgan fingerprint density at radius 2 is 1.89 bits per heavy atom. The molecule has 3 atom stereocenters. The summed E-state index contributed by atoms with van der Waals surface area (Å²) in [4.78, 5) is 2.12. The smallest absolute Gasteiger partial charge is 0.154 e. The van der Waals surface area contributed by atoms with Crippen LogP contribution >= 0.6 is 0 Å². The number of nitrogens with zero attached hydrogens (tertiary/aromatic N) is 1. The van der Waals surface area contributed by atoms with Gasteiger partial charge in [0.1, 0.15) is 6.23 Å². The molecule has 0 aliphatic carbocycles. The number of aliphatic hydroxyl groups excluding tert-OH is 2. The Kier molecular flexibility index (Phi) is 6.57. The van der Waals surface area contributed by atoms with Crippen molar-refractivity contribution in [3.05, 3.63) is 0 Å². The van der Waals surface area contributed by atoms with Gasteiger partial charge in [-0.25, -0.2) is 0 Å². The molecule has 0 aromatic rings. The zero-order valence-corrected chi connectivity index (χ0v) is 11.9. The summed E-state index contributed by atoms with van der Waals surface area (Å²) in [6, 6.07) is 0.257. The minimum absolute atomic E-state index is 0.0947. The first-order chi connectivity index (χ1) is 8.45. The van der Waals surface area contributed by atoms with Gasteiger partial charge in [-0.2, -0.15) is 0 Å². The largest absolute Gasteiger partial charge is 0.378 e. The fourth-order valence-corrected chi connectivity index (χ4v) is 3.03. The van der Waals surface area contributed by atoms with Crippen LogP contribution in [0.15, 0.2) is 0 Å². The fraction of sp³-hybridized carbons (Fsp3) is 1.00. The third kappa shape index (κ3) is 4.50. The van der Waals surface area contributed by atoms with E-state index in [0.29, 0.717) is 5.92 Å². The lowest BCUT2D eigenvalue weighted by Crippen LogP contribution is -2.41. The van der Waals surface area contributed by atoms with Crippen LogP contribution in [0.2, 0.25) is 0 Å². The number of hydrogen-bond acceptors (Lipinski definition) is 4. The molecular formula is C14H29NO3. The number of aliphatic hydroxyl groups is 3. The molecule has 1 saturated heterocycles. The summed E-state index contributed by atoms with van der Waals surface area (Å²) in [6.07, 6.45) is 2.80. The fourth-order valence-electron chi connectivity index (χ4n) is 3.03. The molecule has 1 aliphatic heterocycles. The Morgan fingerprint density at radius 1 is 1.22 bits per heavy atom. The highest BCUT2D eigenvalue weighted by atomic mass is 16.5. The zero-order valence-electron chi connectivity index (χ0n) is 11.9. The third-order valence-electron chi connectivity index (χ3n) is 3.97. The van der Waals surface area contributed by atoms with E-state index in [4.69, 9.17) is 0 Å². The predicted molar refractivity (Wildman–Crippen MR) is 71.8 cm³/mol. The van der Waals surface area contributed by atoms with Crippen LogP contribution in [0.3, 0.4) is 0 Å². The summed E-state index contributed by atoms with van der Waals surface area (Å²) in [7, 11) is 0. The molecule has 1 aliphatic rings. The van der Waals surface area contributed by atoms with Crippen LogP contribution in [0.1, 0.15) is 52.9 Å². The van der Waals surface area contributed by atoms with Crippen LogP contribution in [0.25, 0.3) is 0 Å². The van der Waals surface area contributed by atoms with Crippen molar-refractivity contribution in [2.75, 3.05) is 6.54 Å². The summed E-state index contributed by atoms with van der Waals surface area (Å²) in [5, 5.41) is 28.9. The average Bonchev–Trinajstić information content (AvgIpc) is 2.70. The van der Waals surface area contributed by atoms with Gasteiger partial charge in [0.05, 0.1) is 0 Å². The molecule has 0 amide bonds. The van der Waals surface area contributed by atoms with Gasteiger partial charge in [-0.05, 0) is 38.0 Å². The van der Waals surface area contributed by atoms with E-state index in [1.165, 1.54) is 0 Å². The van der Waals surface area contributed by atoms with Crippen molar-refractivity contribution < 1.29 is 15.3 Å². The van der Waals surface area contributed by atoms with E-state index < -0.39 is 6.29 Å². The molecule has 0 aromatic heterocycles. The average molecular weight is 259 g/mol. The Bertz CT molecular complexity index is 233. The molecule has 3 N–H and O–H groups in total. The number of hydrogen-bond donors (Lipinski definition) is 3. The van der Waals surface area contributed by atoms with Crippen LogP contribution in [0.4, 0.5) is 0 Å². The van der Waals surface area contributed by atoms with Crippen molar-refractivity contribution in [1.29, 1.82) is 0 Å². The molecule has 2 unspecified atom stereocenters. The molecule has 1 fully saturated rings.